The number of nitrogens with zero attached hydrogens (tertiary/aromatic N) is 1. The first kappa shape index (κ1) is 15.7. The SMILES string of the molecule is CCOCCN(C)C1CC(O)CCC1C(F)(F)F. The monoisotopic (exact) mass is 269 g/mol. The van der Waals surface area contributed by atoms with E-state index in [4.69, 9.17) is 4.74 Å². The highest BCUT2D eigenvalue weighted by Crippen LogP contribution is 2.39. The lowest BCUT2D eigenvalue weighted by Crippen LogP contribution is -2.50. The van der Waals surface area contributed by atoms with E-state index >= 15 is 0 Å². The van der Waals surface area contributed by atoms with E-state index < -0.39 is 24.2 Å². The van der Waals surface area contributed by atoms with Crippen LogP contribution >= 0.6 is 0 Å². The van der Waals surface area contributed by atoms with Gasteiger partial charge in [0.1, 0.15) is 0 Å². The lowest BCUT2D eigenvalue weighted by atomic mass is 9.81. The van der Waals surface area contributed by atoms with Crippen LogP contribution in [-0.2, 0) is 4.74 Å². The molecule has 0 aromatic carbocycles. The van der Waals surface area contributed by atoms with Gasteiger partial charge < -0.3 is 14.7 Å². The van der Waals surface area contributed by atoms with Crippen LogP contribution in [0, 0.1) is 5.92 Å². The molecular formula is C12H22F3NO2. The van der Waals surface area contributed by atoms with Crippen molar-refractivity contribution in [3.8, 4) is 0 Å². The van der Waals surface area contributed by atoms with Crippen molar-refractivity contribution >= 4 is 0 Å². The first-order chi connectivity index (χ1) is 8.36. The Kier molecular flexibility index (Phi) is 5.88. The highest BCUT2D eigenvalue weighted by Gasteiger charge is 2.48. The molecule has 0 bridgehead atoms. The summed E-state index contributed by atoms with van der Waals surface area (Å²) in [4.78, 5) is 1.66. The van der Waals surface area contributed by atoms with E-state index in [1.54, 1.807) is 11.9 Å². The summed E-state index contributed by atoms with van der Waals surface area (Å²) < 4.78 is 43.9. The van der Waals surface area contributed by atoms with Crippen LogP contribution in [0.1, 0.15) is 26.2 Å². The molecule has 0 aliphatic heterocycles. The smallest absolute Gasteiger partial charge is 0.393 e. The predicted molar refractivity (Wildman–Crippen MR) is 62.3 cm³/mol. The molecule has 1 N–H and O–H groups in total. The van der Waals surface area contributed by atoms with Gasteiger partial charge in [0, 0.05) is 19.2 Å². The van der Waals surface area contributed by atoms with Crippen molar-refractivity contribution in [1.29, 1.82) is 0 Å². The third-order valence-electron chi connectivity index (χ3n) is 3.57. The second-order valence-electron chi connectivity index (χ2n) is 4.86. The minimum Gasteiger partial charge on any atom is -0.393 e. The maximum Gasteiger partial charge on any atom is 0.393 e. The molecular weight excluding hydrogens is 247 g/mol. The molecule has 1 fully saturated rings. The summed E-state index contributed by atoms with van der Waals surface area (Å²) in [6.07, 6.45) is -4.38. The van der Waals surface area contributed by atoms with Gasteiger partial charge in [-0.15, -0.1) is 0 Å². The zero-order chi connectivity index (χ0) is 13.8. The van der Waals surface area contributed by atoms with E-state index in [-0.39, 0.29) is 19.3 Å². The Bertz CT molecular complexity index is 248. The molecule has 6 heteroatoms. The lowest BCUT2D eigenvalue weighted by molar-refractivity contribution is -0.204. The molecule has 0 aromatic rings. The van der Waals surface area contributed by atoms with E-state index in [1.165, 1.54) is 0 Å². The van der Waals surface area contributed by atoms with Crippen LogP contribution in [0.3, 0.4) is 0 Å². The summed E-state index contributed by atoms with van der Waals surface area (Å²) in [5, 5.41) is 9.56. The van der Waals surface area contributed by atoms with Crippen molar-refractivity contribution in [2.24, 2.45) is 5.92 Å². The first-order valence-corrected chi connectivity index (χ1v) is 6.39. The van der Waals surface area contributed by atoms with E-state index in [0.717, 1.165) is 0 Å². The number of halogens is 3. The molecule has 18 heavy (non-hydrogen) atoms. The van der Waals surface area contributed by atoms with Crippen molar-refractivity contribution < 1.29 is 23.0 Å². The summed E-state index contributed by atoms with van der Waals surface area (Å²) in [6, 6.07) is -0.644. The van der Waals surface area contributed by atoms with Gasteiger partial charge in [0.25, 0.3) is 0 Å². The topological polar surface area (TPSA) is 32.7 Å². The number of likely N-dealkylation sites (N-methyl/N-ethyl adjacent to an activating group) is 1. The van der Waals surface area contributed by atoms with Gasteiger partial charge in [-0.1, -0.05) is 0 Å². The normalized spacial score (nSPS) is 29.8. The molecule has 0 spiro atoms. The zero-order valence-electron chi connectivity index (χ0n) is 10.9. The van der Waals surface area contributed by atoms with Gasteiger partial charge in [0.05, 0.1) is 18.6 Å². The summed E-state index contributed by atoms with van der Waals surface area (Å²) in [7, 11) is 1.67. The Labute approximate surface area is 106 Å². The molecule has 3 atom stereocenters. The lowest BCUT2D eigenvalue weighted by Gasteiger charge is -2.40. The van der Waals surface area contributed by atoms with Crippen LogP contribution < -0.4 is 0 Å². The zero-order valence-corrected chi connectivity index (χ0v) is 10.9. The summed E-state index contributed by atoms with van der Waals surface area (Å²) in [6.45, 7) is 3.29. The third kappa shape index (κ3) is 4.40. The summed E-state index contributed by atoms with van der Waals surface area (Å²) in [5.74, 6) is -1.34. The van der Waals surface area contributed by atoms with Crippen LogP contribution in [0.4, 0.5) is 13.2 Å². The molecule has 1 aliphatic rings. The Morgan fingerprint density at radius 3 is 2.56 bits per heavy atom. The molecule has 108 valence electrons. The van der Waals surface area contributed by atoms with E-state index in [0.29, 0.717) is 19.8 Å². The summed E-state index contributed by atoms with van der Waals surface area (Å²) in [5.41, 5.74) is 0. The van der Waals surface area contributed by atoms with E-state index in [1.807, 2.05) is 6.92 Å². The van der Waals surface area contributed by atoms with Crippen molar-refractivity contribution in [3.05, 3.63) is 0 Å². The minimum absolute atomic E-state index is 0.00824. The van der Waals surface area contributed by atoms with Crippen LogP contribution in [-0.4, -0.2) is 55.1 Å². The van der Waals surface area contributed by atoms with Crippen LogP contribution in [0.5, 0.6) is 0 Å². The molecule has 0 saturated heterocycles. The largest absolute Gasteiger partial charge is 0.393 e. The maximum atomic E-state index is 12.9. The van der Waals surface area contributed by atoms with Gasteiger partial charge in [0.15, 0.2) is 0 Å². The second kappa shape index (κ2) is 6.73. The first-order valence-electron chi connectivity index (χ1n) is 6.39. The fourth-order valence-corrected chi connectivity index (χ4v) is 2.51. The highest BCUT2D eigenvalue weighted by molar-refractivity contribution is 4.89. The van der Waals surface area contributed by atoms with Gasteiger partial charge in [-0.25, -0.2) is 0 Å². The van der Waals surface area contributed by atoms with Crippen molar-refractivity contribution in [1.82, 2.24) is 4.90 Å². The number of rotatable bonds is 5. The predicted octanol–water partition coefficient (Wildman–Crippen LogP) is 2.05. The van der Waals surface area contributed by atoms with Gasteiger partial charge >= 0.3 is 6.18 Å². The summed E-state index contributed by atoms with van der Waals surface area (Å²) >= 11 is 0. The van der Waals surface area contributed by atoms with Gasteiger partial charge in [-0.3, -0.25) is 0 Å². The van der Waals surface area contributed by atoms with Gasteiger partial charge in [-0.2, -0.15) is 13.2 Å². The number of hydrogen-bond acceptors (Lipinski definition) is 3. The molecule has 1 aliphatic carbocycles. The number of hydrogen-bond donors (Lipinski definition) is 1. The van der Waals surface area contributed by atoms with E-state index in [9.17, 15) is 18.3 Å². The standard InChI is InChI=1S/C12H22F3NO2/c1-3-18-7-6-16(2)11-8-9(17)4-5-10(11)12(13,14)15/h9-11,17H,3-8H2,1-2H3. The average molecular weight is 269 g/mol. The van der Waals surface area contributed by atoms with Gasteiger partial charge in [-0.05, 0) is 33.2 Å². The van der Waals surface area contributed by atoms with Gasteiger partial charge in [0.2, 0.25) is 0 Å². The maximum absolute atomic E-state index is 12.9. The molecule has 0 aromatic heterocycles. The molecule has 1 rings (SSSR count). The highest BCUT2D eigenvalue weighted by atomic mass is 19.4. The fourth-order valence-electron chi connectivity index (χ4n) is 2.51. The fraction of sp³-hybridized carbons (Fsp3) is 1.00. The molecule has 3 nitrogen and oxygen atoms in total. The molecule has 1 saturated carbocycles. The Hall–Kier alpha value is -0.330. The van der Waals surface area contributed by atoms with Crippen LogP contribution in [0.25, 0.3) is 0 Å². The van der Waals surface area contributed by atoms with Crippen molar-refractivity contribution in [2.45, 2.75) is 44.5 Å². The quantitative estimate of drug-likeness (QED) is 0.775. The van der Waals surface area contributed by atoms with Crippen LogP contribution in [0.15, 0.2) is 0 Å². The van der Waals surface area contributed by atoms with E-state index in [2.05, 4.69) is 0 Å². The Morgan fingerprint density at radius 1 is 1.33 bits per heavy atom. The number of alkyl halides is 3. The Morgan fingerprint density at radius 2 is 2.00 bits per heavy atom. The van der Waals surface area contributed by atoms with Crippen molar-refractivity contribution in [3.63, 3.8) is 0 Å². The minimum atomic E-state index is -4.19. The Balaban J connectivity index is 2.60. The number of aliphatic hydroxyl groups is 1. The molecule has 0 heterocycles. The number of ether oxygens (including phenoxy) is 1. The second-order valence-corrected chi connectivity index (χ2v) is 4.86. The van der Waals surface area contributed by atoms with Crippen LogP contribution in [0.2, 0.25) is 0 Å². The molecule has 0 radical (unpaired) electrons. The number of aliphatic hydroxyl groups excluding tert-OH is 1. The molecule has 3 unspecified atom stereocenters. The average Bonchev–Trinajstić information content (AvgIpc) is 2.27. The van der Waals surface area contributed by atoms with Crippen molar-refractivity contribution in [2.75, 3.05) is 26.8 Å². The molecule has 0 amide bonds. The third-order valence-corrected chi connectivity index (χ3v) is 3.57.